The Bertz CT molecular complexity index is 1210. The number of nitrogens with two attached hydrogens (primary N) is 1. The molecule has 36 heavy (non-hydrogen) atoms. The van der Waals surface area contributed by atoms with Gasteiger partial charge in [0.2, 0.25) is 0 Å². The zero-order valence-electron chi connectivity index (χ0n) is 20.2. The number of pyridine rings is 1. The molecule has 4 rings (SSSR count). The van der Waals surface area contributed by atoms with E-state index in [1.54, 1.807) is 25.5 Å². The predicted molar refractivity (Wildman–Crippen MR) is 142 cm³/mol. The highest BCUT2D eigenvalue weighted by Crippen LogP contribution is 2.29. The van der Waals surface area contributed by atoms with Crippen LogP contribution < -0.4 is 25.8 Å². The van der Waals surface area contributed by atoms with Crippen molar-refractivity contribution in [2.24, 2.45) is 5.92 Å². The number of benzene rings is 2. The van der Waals surface area contributed by atoms with Crippen LogP contribution >= 0.6 is 0 Å². The Kier molecular flexibility index (Phi) is 8.18. The number of allylic oxidation sites excluding steroid dienone is 1. The second-order valence-corrected chi connectivity index (χ2v) is 8.66. The number of anilines is 1. The van der Waals surface area contributed by atoms with E-state index in [0.717, 1.165) is 36.5 Å². The largest absolute Gasteiger partial charge is 0.493 e. The maximum atomic E-state index is 13.1. The molecule has 0 unspecified atom stereocenters. The summed E-state index contributed by atoms with van der Waals surface area (Å²) in [6.45, 7) is 0.500. The van der Waals surface area contributed by atoms with Crippen LogP contribution in [0.1, 0.15) is 35.2 Å². The molecule has 0 bridgehead atoms. The molecule has 8 heteroatoms. The fourth-order valence-electron chi connectivity index (χ4n) is 4.28. The summed E-state index contributed by atoms with van der Waals surface area (Å²) in [6, 6.07) is 18.8. The average Bonchev–Trinajstić information content (AvgIpc) is 3.34. The standard InChI is InChI=1S/C28H31N5O3/c1-31-16-21(15-29)20-14-25(27(30)32-17-20)28(34)33-26-9-5-6-19(26)18-35-22-10-12-24(13-11-22)36-23-7-3-2-4-8-23/h2-4,7-8,10-17,19,26,29,31H,5-6,9,18H2,1H3,(H2,30,32)(H,33,34)/b21-16+,29-15?/t19-,26+/m1/s1. The fourth-order valence-corrected chi connectivity index (χ4v) is 4.28. The summed E-state index contributed by atoms with van der Waals surface area (Å²) in [7, 11) is 1.75. The van der Waals surface area contributed by atoms with Gasteiger partial charge in [-0.05, 0) is 55.3 Å². The number of nitrogens with zero attached hydrogens (tertiary/aromatic N) is 1. The predicted octanol–water partition coefficient (Wildman–Crippen LogP) is 4.64. The highest BCUT2D eigenvalue weighted by Gasteiger charge is 2.30. The molecule has 5 N–H and O–H groups in total. The van der Waals surface area contributed by atoms with Gasteiger partial charge in [0.1, 0.15) is 23.1 Å². The molecule has 1 amide bonds. The maximum absolute atomic E-state index is 13.1. The summed E-state index contributed by atoms with van der Waals surface area (Å²) >= 11 is 0. The minimum atomic E-state index is -0.269. The second-order valence-electron chi connectivity index (χ2n) is 8.66. The van der Waals surface area contributed by atoms with Crippen molar-refractivity contribution in [3.8, 4) is 17.2 Å². The molecule has 8 nitrogen and oxygen atoms in total. The molecule has 1 heterocycles. The Hall–Kier alpha value is -4.33. The van der Waals surface area contributed by atoms with Gasteiger partial charge in [0.05, 0.1) is 12.2 Å². The number of aromatic nitrogens is 1. The van der Waals surface area contributed by atoms with Crippen molar-refractivity contribution < 1.29 is 14.3 Å². The second kappa shape index (κ2) is 11.9. The lowest BCUT2D eigenvalue weighted by Crippen LogP contribution is -2.39. The van der Waals surface area contributed by atoms with Gasteiger partial charge in [0, 0.05) is 48.8 Å². The van der Waals surface area contributed by atoms with Crippen LogP contribution in [0.5, 0.6) is 17.2 Å². The topological polar surface area (TPSA) is 122 Å². The molecule has 1 aliphatic carbocycles. The van der Waals surface area contributed by atoms with Crippen LogP contribution in [0.4, 0.5) is 5.82 Å². The molecule has 2 aromatic carbocycles. The van der Waals surface area contributed by atoms with Gasteiger partial charge in [-0.2, -0.15) is 0 Å². The smallest absolute Gasteiger partial charge is 0.255 e. The first-order valence-corrected chi connectivity index (χ1v) is 12.0. The summed E-state index contributed by atoms with van der Waals surface area (Å²) in [4.78, 5) is 17.2. The van der Waals surface area contributed by atoms with E-state index in [4.69, 9.17) is 20.6 Å². The quantitative estimate of drug-likeness (QED) is 0.310. The Balaban J connectivity index is 1.35. The lowest BCUT2D eigenvalue weighted by molar-refractivity contribution is 0.0919. The van der Waals surface area contributed by atoms with Gasteiger partial charge in [-0.15, -0.1) is 0 Å². The summed E-state index contributed by atoms with van der Waals surface area (Å²) in [5.74, 6) is 2.36. The highest BCUT2D eigenvalue weighted by molar-refractivity contribution is 6.09. The zero-order chi connectivity index (χ0) is 25.3. The molecule has 0 saturated heterocycles. The van der Waals surface area contributed by atoms with Crippen molar-refractivity contribution >= 4 is 23.5 Å². The number of carbonyl (C=O) groups excluding carboxylic acids is 1. The van der Waals surface area contributed by atoms with Gasteiger partial charge in [-0.3, -0.25) is 4.79 Å². The molecule has 1 aliphatic rings. The number of carbonyl (C=O) groups is 1. The van der Waals surface area contributed by atoms with Crippen LogP contribution in [0.25, 0.3) is 5.57 Å². The van der Waals surface area contributed by atoms with Crippen LogP contribution in [-0.4, -0.2) is 36.8 Å². The van der Waals surface area contributed by atoms with Gasteiger partial charge in [0.15, 0.2) is 0 Å². The van der Waals surface area contributed by atoms with E-state index in [0.29, 0.717) is 23.3 Å². The van der Waals surface area contributed by atoms with E-state index < -0.39 is 0 Å². The van der Waals surface area contributed by atoms with E-state index in [9.17, 15) is 4.79 Å². The molecule has 2 atom stereocenters. The first-order chi connectivity index (χ1) is 17.6. The van der Waals surface area contributed by atoms with Gasteiger partial charge in [-0.1, -0.05) is 24.6 Å². The highest BCUT2D eigenvalue weighted by atomic mass is 16.5. The molecular weight excluding hydrogens is 454 g/mol. The Morgan fingerprint density at radius 3 is 2.56 bits per heavy atom. The third kappa shape index (κ3) is 6.21. The SMILES string of the molecule is CN/C=C(\C=N)c1cnc(N)c(C(=O)N[C@H]2CCC[C@@H]2COc2ccc(Oc3ccccc3)cc2)c1. The lowest BCUT2D eigenvalue weighted by atomic mass is 10.0. The third-order valence-electron chi connectivity index (χ3n) is 6.19. The summed E-state index contributed by atoms with van der Waals surface area (Å²) < 4.78 is 11.9. The van der Waals surface area contributed by atoms with Crippen LogP contribution in [0, 0.1) is 11.3 Å². The monoisotopic (exact) mass is 485 g/mol. The van der Waals surface area contributed by atoms with E-state index >= 15 is 0 Å². The Labute approximate surface area is 211 Å². The lowest BCUT2D eigenvalue weighted by Gasteiger charge is -2.22. The van der Waals surface area contributed by atoms with Crippen LogP contribution in [0.3, 0.4) is 0 Å². The van der Waals surface area contributed by atoms with Crippen molar-refractivity contribution in [3.05, 3.63) is 84.2 Å². The molecule has 0 aliphatic heterocycles. The van der Waals surface area contributed by atoms with E-state index in [2.05, 4.69) is 15.6 Å². The van der Waals surface area contributed by atoms with Crippen molar-refractivity contribution in [1.29, 1.82) is 5.41 Å². The van der Waals surface area contributed by atoms with Gasteiger partial charge >= 0.3 is 0 Å². The molecule has 0 spiro atoms. The van der Waals surface area contributed by atoms with E-state index in [1.807, 2.05) is 54.6 Å². The van der Waals surface area contributed by atoms with E-state index in [-0.39, 0.29) is 23.7 Å². The number of rotatable bonds is 10. The first-order valence-electron chi connectivity index (χ1n) is 12.0. The minimum absolute atomic E-state index is 0.0173. The number of nitrogen functional groups attached to an aromatic ring is 1. The van der Waals surface area contributed by atoms with Gasteiger partial charge < -0.3 is 31.3 Å². The first kappa shape index (κ1) is 24.8. The average molecular weight is 486 g/mol. The minimum Gasteiger partial charge on any atom is -0.493 e. The molecular formula is C28H31N5O3. The number of para-hydroxylation sites is 1. The summed E-state index contributed by atoms with van der Waals surface area (Å²) in [5.41, 5.74) is 7.56. The molecule has 0 radical (unpaired) electrons. The number of amides is 1. The third-order valence-corrected chi connectivity index (χ3v) is 6.19. The maximum Gasteiger partial charge on any atom is 0.255 e. The molecule has 1 fully saturated rings. The fraction of sp³-hybridized carbons (Fsp3) is 0.250. The number of hydrogen-bond donors (Lipinski definition) is 4. The molecule has 1 saturated carbocycles. The normalized spacial score (nSPS) is 17.3. The summed E-state index contributed by atoms with van der Waals surface area (Å²) in [6.07, 6.45) is 7.30. The van der Waals surface area contributed by atoms with E-state index in [1.165, 1.54) is 6.21 Å². The zero-order valence-corrected chi connectivity index (χ0v) is 20.2. The van der Waals surface area contributed by atoms with Crippen molar-refractivity contribution in [2.45, 2.75) is 25.3 Å². The van der Waals surface area contributed by atoms with Crippen molar-refractivity contribution in [2.75, 3.05) is 19.4 Å². The summed E-state index contributed by atoms with van der Waals surface area (Å²) in [5, 5.41) is 13.6. The van der Waals surface area contributed by atoms with Gasteiger partial charge in [-0.25, -0.2) is 4.98 Å². The van der Waals surface area contributed by atoms with Gasteiger partial charge in [0.25, 0.3) is 5.91 Å². The number of hydrogen-bond acceptors (Lipinski definition) is 7. The molecule has 3 aromatic rings. The van der Waals surface area contributed by atoms with Crippen LogP contribution in [0.15, 0.2) is 73.1 Å². The molecule has 186 valence electrons. The van der Waals surface area contributed by atoms with Crippen molar-refractivity contribution in [1.82, 2.24) is 15.6 Å². The number of ether oxygens (including phenoxy) is 2. The number of nitrogens with one attached hydrogen (secondary N) is 3. The van der Waals surface area contributed by atoms with Crippen molar-refractivity contribution in [3.63, 3.8) is 0 Å². The van der Waals surface area contributed by atoms with Crippen LogP contribution in [-0.2, 0) is 0 Å². The molecule has 1 aromatic heterocycles. The Morgan fingerprint density at radius 2 is 1.83 bits per heavy atom. The van der Waals surface area contributed by atoms with Crippen LogP contribution in [0.2, 0.25) is 0 Å². The Morgan fingerprint density at radius 1 is 1.11 bits per heavy atom.